The van der Waals surface area contributed by atoms with Gasteiger partial charge in [0.1, 0.15) is 0 Å². The Morgan fingerprint density at radius 2 is 2.12 bits per heavy atom. The molecule has 0 radical (unpaired) electrons. The molecule has 1 aliphatic rings. The number of amides is 1. The number of carbonyl (C=O) groups excluding carboxylic acids is 1. The lowest BCUT2D eigenvalue weighted by Gasteiger charge is -2.15. The molecule has 1 saturated carbocycles. The Morgan fingerprint density at radius 1 is 1.28 bits per heavy atom. The van der Waals surface area contributed by atoms with Crippen molar-refractivity contribution in [2.45, 2.75) is 25.8 Å². The number of hydrogen-bond donors (Lipinski definition) is 1. The van der Waals surface area contributed by atoms with E-state index < -0.39 is 0 Å². The van der Waals surface area contributed by atoms with E-state index in [4.69, 9.17) is 0 Å². The van der Waals surface area contributed by atoms with Gasteiger partial charge in [-0.2, -0.15) is 0 Å². The van der Waals surface area contributed by atoms with Crippen LogP contribution in [0.25, 0.3) is 10.8 Å². The maximum absolute atomic E-state index is 12.5. The number of nitrogens with one attached hydrogen (secondary N) is 1. The molecule has 0 bridgehead atoms. The topological polar surface area (TPSA) is 85.6 Å². The third kappa shape index (κ3) is 3.58. The van der Waals surface area contributed by atoms with E-state index >= 15 is 0 Å². The number of aromatic nitrogens is 5. The van der Waals surface area contributed by atoms with Crippen molar-refractivity contribution in [3.8, 4) is 10.8 Å². The van der Waals surface area contributed by atoms with E-state index in [9.17, 15) is 4.79 Å². The highest BCUT2D eigenvalue weighted by Crippen LogP contribution is 2.47. The summed E-state index contributed by atoms with van der Waals surface area (Å²) in [5.41, 5.74) is 0.693. The first kappa shape index (κ1) is 15.9. The van der Waals surface area contributed by atoms with Gasteiger partial charge >= 0.3 is 0 Å². The Balaban J connectivity index is 1.29. The fourth-order valence-corrected chi connectivity index (χ4v) is 3.56. The lowest BCUT2D eigenvalue weighted by atomic mass is 10.1. The van der Waals surface area contributed by atoms with Crippen LogP contribution in [0, 0.1) is 5.41 Å². The van der Waals surface area contributed by atoms with Gasteiger partial charge in [0.15, 0.2) is 10.8 Å². The summed E-state index contributed by atoms with van der Waals surface area (Å²) in [6.45, 7) is 1.29. The number of carbonyl (C=O) groups is 1. The van der Waals surface area contributed by atoms with Crippen LogP contribution in [0.5, 0.6) is 0 Å². The highest BCUT2D eigenvalue weighted by atomic mass is 32.1. The first-order chi connectivity index (χ1) is 12.3. The van der Waals surface area contributed by atoms with E-state index in [1.54, 1.807) is 31.0 Å². The van der Waals surface area contributed by atoms with Gasteiger partial charge in [0.05, 0.1) is 17.4 Å². The van der Waals surface area contributed by atoms with E-state index in [0.29, 0.717) is 25.3 Å². The standard InChI is InChI=1S/C17H18N6OS/c24-16(17(3-4-17)11-23-9-8-18-12-23)21-7-2-13-10-25-15(22-13)14-19-5-1-6-20-14/h1,5-6,8-10,12H,2-4,7,11H2,(H,21,24). The van der Waals surface area contributed by atoms with Gasteiger partial charge < -0.3 is 9.88 Å². The summed E-state index contributed by atoms with van der Waals surface area (Å²) in [6, 6.07) is 1.78. The van der Waals surface area contributed by atoms with Crippen LogP contribution in [0.2, 0.25) is 0 Å². The summed E-state index contributed by atoms with van der Waals surface area (Å²) in [6.07, 6.45) is 11.4. The van der Waals surface area contributed by atoms with Gasteiger partial charge in [-0.15, -0.1) is 11.3 Å². The fourth-order valence-electron chi connectivity index (χ4n) is 2.76. The van der Waals surface area contributed by atoms with Gasteiger partial charge in [-0.1, -0.05) is 0 Å². The zero-order valence-corrected chi connectivity index (χ0v) is 14.4. The third-order valence-corrected chi connectivity index (χ3v) is 5.24. The highest BCUT2D eigenvalue weighted by molar-refractivity contribution is 7.13. The smallest absolute Gasteiger partial charge is 0.228 e. The second kappa shape index (κ2) is 6.72. The average molecular weight is 354 g/mol. The molecule has 1 amide bonds. The SMILES string of the molecule is O=C(NCCc1csc(-c2ncccn2)n1)C1(Cn2ccnc2)CC1. The number of hydrogen-bond acceptors (Lipinski definition) is 6. The van der Waals surface area contributed by atoms with Crippen LogP contribution >= 0.6 is 11.3 Å². The zero-order chi connectivity index (χ0) is 17.1. The van der Waals surface area contributed by atoms with Gasteiger partial charge in [0, 0.05) is 49.7 Å². The molecule has 8 heteroatoms. The van der Waals surface area contributed by atoms with Crippen LogP contribution in [0.1, 0.15) is 18.5 Å². The zero-order valence-electron chi connectivity index (χ0n) is 13.6. The Morgan fingerprint density at radius 3 is 2.84 bits per heavy atom. The van der Waals surface area contributed by atoms with E-state index in [1.807, 2.05) is 16.1 Å². The minimum Gasteiger partial charge on any atom is -0.355 e. The van der Waals surface area contributed by atoms with E-state index in [2.05, 4.69) is 25.3 Å². The van der Waals surface area contributed by atoms with Crippen molar-refractivity contribution in [3.05, 3.63) is 48.3 Å². The van der Waals surface area contributed by atoms with Crippen molar-refractivity contribution in [3.63, 3.8) is 0 Å². The van der Waals surface area contributed by atoms with E-state index in [0.717, 1.165) is 23.5 Å². The van der Waals surface area contributed by atoms with Gasteiger partial charge in [0.2, 0.25) is 5.91 Å². The molecule has 1 N–H and O–H groups in total. The summed E-state index contributed by atoms with van der Waals surface area (Å²) in [5.74, 6) is 0.767. The van der Waals surface area contributed by atoms with Gasteiger partial charge in [-0.25, -0.2) is 19.9 Å². The predicted molar refractivity (Wildman–Crippen MR) is 93.7 cm³/mol. The summed E-state index contributed by atoms with van der Waals surface area (Å²) < 4.78 is 1.97. The lowest BCUT2D eigenvalue weighted by Crippen LogP contribution is -2.35. The Hall–Kier alpha value is -2.61. The quantitative estimate of drug-likeness (QED) is 0.701. The third-order valence-electron chi connectivity index (χ3n) is 4.36. The van der Waals surface area contributed by atoms with Crippen molar-refractivity contribution < 1.29 is 4.79 Å². The normalized spacial score (nSPS) is 15.0. The largest absolute Gasteiger partial charge is 0.355 e. The molecule has 25 heavy (non-hydrogen) atoms. The van der Waals surface area contributed by atoms with Gasteiger partial charge in [-0.05, 0) is 18.9 Å². The van der Waals surface area contributed by atoms with Crippen LogP contribution in [0.15, 0.2) is 42.6 Å². The molecule has 7 nitrogen and oxygen atoms in total. The first-order valence-electron chi connectivity index (χ1n) is 8.21. The molecule has 3 aromatic rings. The summed E-state index contributed by atoms with van der Waals surface area (Å²) in [4.78, 5) is 29.5. The Bertz CT molecular complexity index is 841. The fraction of sp³-hybridized carbons (Fsp3) is 0.353. The molecule has 0 atom stereocenters. The maximum Gasteiger partial charge on any atom is 0.228 e. The number of thiazole rings is 1. The molecule has 0 saturated heterocycles. The highest BCUT2D eigenvalue weighted by Gasteiger charge is 2.49. The minimum atomic E-state index is -0.258. The second-order valence-corrected chi connectivity index (χ2v) is 7.10. The number of rotatable bonds is 7. The van der Waals surface area contributed by atoms with E-state index in [1.165, 1.54) is 11.3 Å². The summed E-state index contributed by atoms with van der Waals surface area (Å²) in [7, 11) is 0. The first-order valence-corrected chi connectivity index (χ1v) is 9.09. The molecular weight excluding hydrogens is 336 g/mol. The van der Waals surface area contributed by atoms with Crippen LogP contribution in [-0.4, -0.2) is 37.0 Å². The van der Waals surface area contributed by atoms with Crippen molar-refractivity contribution in [1.82, 2.24) is 29.8 Å². The van der Waals surface area contributed by atoms with Crippen LogP contribution in [-0.2, 0) is 17.8 Å². The molecule has 4 rings (SSSR count). The van der Waals surface area contributed by atoms with Crippen molar-refractivity contribution in [2.24, 2.45) is 5.41 Å². The lowest BCUT2D eigenvalue weighted by molar-refractivity contribution is -0.126. The van der Waals surface area contributed by atoms with Crippen LogP contribution < -0.4 is 5.32 Å². The maximum atomic E-state index is 12.5. The molecule has 3 heterocycles. The van der Waals surface area contributed by atoms with Crippen molar-refractivity contribution in [1.29, 1.82) is 0 Å². The Kier molecular flexibility index (Phi) is 4.27. The minimum absolute atomic E-state index is 0.128. The number of imidazole rings is 1. The van der Waals surface area contributed by atoms with E-state index in [-0.39, 0.29) is 11.3 Å². The molecule has 0 spiro atoms. The van der Waals surface area contributed by atoms with Gasteiger partial charge in [-0.3, -0.25) is 4.79 Å². The average Bonchev–Trinajstić information content (AvgIpc) is 3.03. The molecule has 0 unspecified atom stereocenters. The molecule has 128 valence electrons. The summed E-state index contributed by atoms with van der Waals surface area (Å²) in [5, 5.41) is 5.86. The van der Waals surface area contributed by atoms with Crippen LogP contribution in [0.4, 0.5) is 0 Å². The number of nitrogens with zero attached hydrogens (tertiary/aromatic N) is 5. The molecule has 1 aliphatic carbocycles. The van der Waals surface area contributed by atoms with Crippen LogP contribution in [0.3, 0.4) is 0 Å². The van der Waals surface area contributed by atoms with Gasteiger partial charge in [0.25, 0.3) is 0 Å². The monoisotopic (exact) mass is 354 g/mol. The predicted octanol–water partition coefficient (Wildman–Crippen LogP) is 1.94. The van der Waals surface area contributed by atoms with Crippen molar-refractivity contribution >= 4 is 17.2 Å². The molecular formula is C17H18N6OS. The molecule has 3 aromatic heterocycles. The molecule has 1 fully saturated rings. The second-order valence-electron chi connectivity index (χ2n) is 6.24. The Labute approximate surface area is 149 Å². The summed E-state index contributed by atoms with van der Waals surface area (Å²) >= 11 is 1.52. The molecule has 0 aliphatic heterocycles. The molecule has 0 aromatic carbocycles. The van der Waals surface area contributed by atoms with Crippen molar-refractivity contribution in [2.75, 3.05) is 6.54 Å².